The topological polar surface area (TPSA) is 99.3 Å². The van der Waals surface area contributed by atoms with Crippen LogP contribution in [0, 0.1) is 6.92 Å². The second kappa shape index (κ2) is 7.75. The van der Waals surface area contributed by atoms with Crippen LogP contribution in [0.5, 0.6) is 0 Å². The van der Waals surface area contributed by atoms with E-state index in [1.165, 1.54) is 16.7 Å². The zero-order valence-corrected chi connectivity index (χ0v) is 16.0. The number of nitrogens with zero attached hydrogens (tertiary/aromatic N) is 4. The number of hydrazone groups is 1. The predicted molar refractivity (Wildman–Crippen MR) is 112 cm³/mol. The third-order valence-electron chi connectivity index (χ3n) is 5.01. The van der Waals surface area contributed by atoms with Crippen molar-refractivity contribution in [2.24, 2.45) is 5.10 Å². The predicted octanol–water partition coefficient (Wildman–Crippen LogP) is 2.75. The molecule has 0 spiro atoms. The average molecular weight is 391 g/mol. The summed E-state index contributed by atoms with van der Waals surface area (Å²) in [5, 5.41) is 13.5. The number of aryl methyl sites for hydroxylation is 1. The van der Waals surface area contributed by atoms with Crippen LogP contribution >= 0.6 is 0 Å². The van der Waals surface area contributed by atoms with Crippen LogP contribution in [0.15, 0.2) is 52.5 Å². The van der Waals surface area contributed by atoms with Crippen LogP contribution in [0.25, 0.3) is 5.65 Å². The molecule has 8 nitrogen and oxygen atoms in total. The van der Waals surface area contributed by atoms with Crippen molar-refractivity contribution in [3.8, 4) is 0 Å². The van der Waals surface area contributed by atoms with Gasteiger partial charge in [0.05, 0.1) is 17.5 Å². The lowest BCUT2D eigenvalue weighted by molar-refractivity contribution is 0.0698. The summed E-state index contributed by atoms with van der Waals surface area (Å²) in [6.07, 6.45) is 5.22. The van der Waals surface area contributed by atoms with Gasteiger partial charge in [-0.3, -0.25) is 14.6 Å². The number of hydrogen-bond acceptors (Lipinski definition) is 6. The van der Waals surface area contributed by atoms with Gasteiger partial charge in [-0.25, -0.2) is 9.78 Å². The van der Waals surface area contributed by atoms with E-state index in [4.69, 9.17) is 4.98 Å². The molecule has 1 aliphatic rings. The summed E-state index contributed by atoms with van der Waals surface area (Å²) in [6, 6.07) is 10.2. The van der Waals surface area contributed by atoms with Crippen LogP contribution in [0.4, 0.5) is 11.5 Å². The van der Waals surface area contributed by atoms with Crippen molar-refractivity contribution >= 4 is 29.3 Å². The van der Waals surface area contributed by atoms with Gasteiger partial charge in [0.1, 0.15) is 17.0 Å². The van der Waals surface area contributed by atoms with Crippen LogP contribution in [0.2, 0.25) is 0 Å². The molecule has 0 unspecified atom stereocenters. The van der Waals surface area contributed by atoms with Crippen molar-refractivity contribution in [2.75, 3.05) is 23.4 Å². The maximum atomic E-state index is 13.2. The molecular weight excluding hydrogens is 370 g/mol. The summed E-state index contributed by atoms with van der Waals surface area (Å²) in [5.74, 6) is -0.442. The van der Waals surface area contributed by atoms with Crippen LogP contribution in [-0.2, 0) is 0 Å². The first kappa shape index (κ1) is 18.7. The van der Waals surface area contributed by atoms with E-state index in [0.29, 0.717) is 22.7 Å². The van der Waals surface area contributed by atoms with Gasteiger partial charge in [0.25, 0.3) is 5.56 Å². The number of carboxylic acid groups (broad SMARTS) is 1. The molecule has 0 aliphatic carbocycles. The number of nitrogens with one attached hydrogen (secondary N) is 1. The Morgan fingerprint density at radius 1 is 1.21 bits per heavy atom. The van der Waals surface area contributed by atoms with Gasteiger partial charge in [0.15, 0.2) is 0 Å². The van der Waals surface area contributed by atoms with Gasteiger partial charge in [-0.05, 0) is 43.5 Å². The lowest BCUT2D eigenvalue weighted by atomic mass is 10.2. The number of carboxylic acids is 1. The molecule has 8 heteroatoms. The number of hydrogen-bond donors (Lipinski definition) is 2. The van der Waals surface area contributed by atoms with Crippen LogP contribution in [0.1, 0.15) is 34.3 Å². The molecule has 0 saturated carbocycles. The van der Waals surface area contributed by atoms with Gasteiger partial charge in [0.2, 0.25) is 0 Å². The molecule has 2 N–H and O–H groups in total. The monoisotopic (exact) mass is 391 g/mol. The van der Waals surface area contributed by atoms with Crippen LogP contribution in [0.3, 0.4) is 0 Å². The molecule has 29 heavy (non-hydrogen) atoms. The first-order valence-electron chi connectivity index (χ1n) is 9.44. The minimum Gasteiger partial charge on any atom is -0.478 e. The average Bonchev–Trinajstić information content (AvgIpc) is 3.25. The molecule has 148 valence electrons. The van der Waals surface area contributed by atoms with E-state index in [-0.39, 0.29) is 11.1 Å². The van der Waals surface area contributed by atoms with Crippen molar-refractivity contribution in [2.45, 2.75) is 19.8 Å². The highest BCUT2D eigenvalue weighted by molar-refractivity contribution is 5.94. The Morgan fingerprint density at radius 3 is 2.72 bits per heavy atom. The summed E-state index contributed by atoms with van der Waals surface area (Å²) < 4.78 is 1.52. The molecule has 0 amide bonds. The quantitative estimate of drug-likeness (QED) is 0.513. The minimum atomic E-state index is -1.05. The Hall–Kier alpha value is -3.68. The number of anilines is 2. The Bertz CT molecular complexity index is 1160. The minimum absolute atomic E-state index is 0.105. The summed E-state index contributed by atoms with van der Waals surface area (Å²) in [4.78, 5) is 31.4. The van der Waals surface area contributed by atoms with E-state index in [2.05, 4.69) is 15.4 Å². The maximum absolute atomic E-state index is 13.2. The molecule has 3 aromatic rings. The summed E-state index contributed by atoms with van der Waals surface area (Å²) in [6.45, 7) is 3.60. The van der Waals surface area contributed by atoms with E-state index < -0.39 is 5.97 Å². The van der Waals surface area contributed by atoms with Crippen molar-refractivity contribution in [1.29, 1.82) is 0 Å². The van der Waals surface area contributed by atoms with Gasteiger partial charge in [-0.15, -0.1) is 0 Å². The molecule has 1 saturated heterocycles. The Morgan fingerprint density at radius 2 is 1.97 bits per heavy atom. The highest BCUT2D eigenvalue weighted by atomic mass is 16.4. The second-order valence-electron chi connectivity index (χ2n) is 6.95. The standard InChI is InChI=1S/C21H21N5O3/c1-14-7-6-12-26-18(14)23-19(25-10-4-5-11-25)16(20(26)27)13-22-24-17-9-3-2-8-15(17)21(28)29/h2-3,6-9,12-13,24H,4-5,10-11H2,1H3,(H,28,29)/b22-13-. The van der Waals surface area contributed by atoms with Gasteiger partial charge in [-0.2, -0.15) is 5.10 Å². The smallest absolute Gasteiger partial charge is 0.337 e. The molecule has 3 heterocycles. The SMILES string of the molecule is Cc1cccn2c(=O)c(/C=N\Nc3ccccc3C(=O)O)c(N3CCCC3)nc12. The van der Waals surface area contributed by atoms with E-state index >= 15 is 0 Å². The van der Waals surface area contributed by atoms with Crippen molar-refractivity contribution in [1.82, 2.24) is 9.38 Å². The fourth-order valence-corrected chi connectivity index (χ4v) is 3.52. The normalized spacial score (nSPS) is 14.0. The van der Waals surface area contributed by atoms with E-state index in [1.807, 2.05) is 19.1 Å². The second-order valence-corrected chi connectivity index (χ2v) is 6.95. The molecule has 4 rings (SSSR count). The molecule has 1 aliphatic heterocycles. The Kier molecular flexibility index (Phi) is 4.99. The van der Waals surface area contributed by atoms with Crippen molar-refractivity contribution < 1.29 is 9.90 Å². The zero-order valence-electron chi connectivity index (χ0n) is 16.0. The van der Waals surface area contributed by atoms with Crippen LogP contribution < -0.4 is 15.9 Å². The van der Waals surface area contributed by atoms with Gasteiger partial charge in [0, 0.05) is 19.3 Å². The number of carbonyl (C=O) groups is 1. The zero-order chi connectivity index (χ0) is 20.4. The number of benzene rings is 1. The molecule has 1 aromatic carbocycles. The fraction of sp³-hybridized carbons (Fsp3) is 0.238. The molecule has 0 radical (unpaired) electrons. The Labute approximate surface area is 167 Å². The molecule has 0 atom stereocenters. The Balaban J connectivity index is 1.77. The van der Waals surface area contributed by atoms with Gasteiger partial charge >= 0.3 is 5.97 Å². The van der Waals surface area contributed by atoms with E-state index in [9.17, 15) is 14.7 Å². The number of fused-ring (bicyclic) bond motifs is 1. The largest absolute Gasteiger partial charge is 0.478 e. The third-order valence-corrected chi connectivity index (χ3v) is 5.01. The number of para-hydroxylation sites is 1. The summed E-state index contributed by atoms with van der Waals surface area (Å²) in [5.41, 5.74) is 4.90. The van der Waals surface area contributed by atoms with E-state index in [1.54, 1.807) is 24.4 Å². The third kappa shape index (κ3) is 3.56. The first-order valence-corrected chi connectivity index (χ1v) is 9.44. The van der Waals surface area contributed by atoms with Gasteiger partial charge in [-0.1, -0.05) is 18.2 Å². The number of rotatable bonds is 5. The maximum Gasteiger partial charge on any atom is 0.337 e. The lowest BCUT2D eigenvalue weighted by Crippen LogP contribution is -2.28. The van der Waals surface area contributed by atoms with Crippen molar-refractivity contribution in [3.05, 3.63) is 69.6 Å². The molecule has 1 fully saturated rings. The number of pyridine rings is 1. The number of aromatic carboxylic acids is 1. The highest BCUT2D eigenvalue weighted by Gasteiger charge is 2.21. The molecule has 2 aromatic heterocycles. The van der Waals surface area contributed by atoms with Crippen molar-refractivity contribution in [3.63, 3.8) is 0 Å². The molecular formula is C21H21N5O3. The first-order chi connectivity index (χ1) is 14.1. The van der Waals surface area contributed by atoms with Gasteiger partial charge < -0.3 is 10.0 Å². The van der Waals surface area contributed by atoms with E-state index in [0.717, 1.165) is 31.5 Å². The fourth-order valence-electron chi connectivity index (χ4n) is 3.52. The highest BCUT2D eigenvalue weighted by Crippen LogP contribution is 2.21. The molecule has 0 bridgehead atoms. The summed E-state index contributed by atoms with van der Waals surface area (Å²) in [7, 11) is 0. The van der Waals surface area contributed by atoms with Crippen LogP contribution in [-0.4, -0.2) is 39.8 Å². The summed E-state index contributed by atoms with van der Waals surface area (Å²) >= 11 is 0. The lowest BCUT2D eigenvalue weighted by Gasteiger charge is -2.19. The number of aromatic nitrogens is 2.